The highest BCUT2D eigenvalue weighted by atomic mass is 19.3. The van der Waals surface area contributed by atoms with Gasteiger partial charge in [0.1, 0.15) is 11.0 Å². The highest BCUT2D eigenvalue weighted by Crippen LogP contribution is 2.32. The summed E-state index contributed by atoms with van der Waals surface area (Å²) in [5, 5.41) is 18.4. The highest BCUT2D eigenvalue weighted by Gasteiger charge is 2.44. The van der Waals surface area contributed by atoms with Crippen LogP contribution in [0.2, 0.25) is 0 Å². The maximum absolute atomic E-state index is 14.5. The molecule has 1 atom stereocenters. The average molecular weight is 474 g/mol. The van der Waals surface area contributed by atoms with Gasteiger partial charge in [-0.3, -0.25) is 4.39 Å². The van der Waals surface area contributed by atoms with Gasteiger partial charge in [0.25, 0.3) is 5.92 Å². The van der Waals surface area contributed by atoms with Gasteiger partial charge in [-0.1, -0.05) is 5.21 Å². The number of aromatic nitrogens is 7. The number of likely N-dealkylation sites (tertiary alicyclic amines) is 1. The van der Waals surface area contributed by atoms with Crippen molar-refractivity contribution in [2.45, 2.75) is 31.4 Å². The number of hydrogen-bond acceptors (Lipinski definition) is 8. The second kappa shape index (κ2) is 8.70. The number of hydrogen-bond donors (Lipinski definition) is 2. The molecule has 0 aliphatic carbocycles. The van der Waals surface area contributed by atoms with Gasteiger partial charge in [0.05, 0.1) is 25.0 Å². The van der Waals surface area contributed by atoms with E-state index in [0.29, 0.717) is 47.7 Å². The molecule has 4 aromatic heterocycles. The number of pyridine rings is 1. The maximum atomic E-state index is 14.5. The predicted molar refractivity (Wildman–Crippen MR) is 122 cm³/mol. The van der Waals surface area contributed by atoms with Crippen molar-refractivity contribution in [1.82, 2.24) is 39.5 Å². The summed E-state index contributed by atoms with van der Waals surface area (Å²) < 4.78 is 44.8. The topological polar surface area (TPSA) is 101 Å². The Balaban J connectivity index is 1.51. The van der Waals surface area contributed by atoms with Crippen LogP contribution in [-0.2, 0) is 6.54 Å². The summed E-state index contributed by atoms with van der Waals surface area (Å²) in [6.07, 6.45) is 2.34. The lowest BCUT2D eigenvalue weighted by Crippen LogP contribution is -2.53. The first-order chi connectivity index (χ1) is 16.4. The van der Waals surface area contributed by atoms with Gasteiger partial charge >= 0.3 is 0 Å². The quantitative estimate of drug-likeness (QED) is 0.422. The van der Waals surface area contributed by atoms with Crippen LogP contribution >= 0.6 is 0 Å². The Morgan fingerprint density at radius 2 is 2.06 bits per heavy atom. The standard InChI is InChI=1S/C21H25F3N10/c1-25-18-17-13(14-4-5-15-19(26-14)34(31-29-15)9-3-8-22)6-11-33(17)30-20(28-18)27-16-7-10-32(2)12-21(16,23)24/h4-6,11,16H,3,7-10,12H2,1-2H3,(H2,25,27,28,30)/t16-/m1/s1. The lowest BCUT2D eigenvalue weighted by Gasteiger charge is -2.36. The second-order valence-electron chi connectivity index (χ2n) is 8.44. The molecule has 0 saturated carbocycles. The molecule has 0 unspecified atom stereocenters. The molecule has 2 N–H and O–H groups in total. The molecule has 13 heteroatoms. The van der Waals surface area contributed by atoms with Crippen LogP contribution in [0.3, 0.4) is 0 Å². The van der Waals surface area contributed by atoms with E-state index >= 15 is 0 Å². The molecule has 10 nitrogen and oxygen atoms in total. The molecule has 0 radical (unpaired) electrons. The lowest BCUT2D eigenvalue weighted by molar-refractivity contribution is -0.0675. The van der Waals surface area contributed by atoms with E-state index in [1.807, 2.05) is 12.1 Å². The second-order valence-corrected chi connectivity index (χ2v) is 8.44. The van der Waals surface area contributed by atoms with Crippen LogP contribution in [0.4, 0.5) is 24.9 Å². The van der Waals surface area contributed by atoms with Gasteiger partial charge in [-0.05, 0) is 38.1 Å². The Labute approximate surface area is 193 Å². The van der Waals surface area contributed by atoms with Crippen LogP contribution in [0, 0.1) is 0 Å². The molecule has 0 amide bonds. The Kier molecular flexibility index (Phi) is 5.71. The SMILES string of the molecule is CNc1nc(N[C@@H]2CCN(C)CC2(F)F)nn2ccc(-c3ccc4nnn(CCCF)c4n3)c12. The van der Waals surface area contributed by atoms with Gasteiger partial charge in [0.15, 0.2) is 11.5 Å². The van der Waals surface area contributed by atoms with E-state index < -0.39 is 18.6 Å². The molecule has 5 rings (SSSR count). The van der Waals surface area contributed by atoms with Crippen LogP contribution in [0.5, 0.6) is 0 Å². The van der Waals surface area contributed by atoms with E-state index in [1.165, 1.54) is 0 Å². The van der Waals surface area contributed by atoms with Gasteiger partial charge in [-0.2, -0.15) is 4.98 Å². The van der Waals surface area contributed by atoms with Crippen molar-refractivity contribution in [2.75, 3.05) is 44.5 Å². The van der Waals surface area contributed by atoms with E-state index in [4.69, 9.17) is 4.98 Å². The number of nitrogens with zero attached hydrogens (tertiary/aromatic N) is 8. The smallest absolute Gasteiger partial charge is 0.280 e. The van der Waals surface area contributed by atoms with Crippen molar-refractivity contribution in [3.8, 4) is 11.3 Å². The van der Waals surface area contributed by atoms with Gasteiger partial charge in [-0.25, -0.2) is 23.0 Å². The molecule has 0 spiro atoms. The first-order valence-electron chi connectivity index (χ1n) is 11.1. The average Bonchev–Trinajstić information content (AvgIpc) is 3.42. The summed E-state index contributed by atoms with van der Waals surface area (Å²) >= 11 is 0. The number of fused-ring (bicyclic) bond motifs is 2. The predicted octanol–water partition coefficient (Wildman–Crippen LogP) is 2.69. The molecule has 5 heterocycles. The molecule has 0 aromatic carbocycles. The lowest BCUT2D eigenvalue weighted by atomic mass is 10.0. The van der Waals surface area contributed by atoms with Crippen LogP contribution in [0.15, 0.2) is 24.4 Å². The fourth-order valence-electron chi connectivity index (χ4n) is 4.27. The molecule has 34 heavy (non-hydrogen) atoms. The fraction of sp³-hybridized carbons (Fsp3) is 0.476. The van der Waals surface area contributed by atoms with E-state index in [-0.39, 0.29) is 18.9 Å². The zero-order valence-electron chi connectivity index (χ0n) is 18.8. The van der Waals surface area contributed by atoms with Gasteiger partial charge < -0.3 is 15.5 Å². The summed E-state index contributed by atoms with van der Waals surface area (Å²) in [5.74, 6) is -2.31. The molecule has 1 aliphatic rings. The first kappa shape index (κ1) is 22.3. The van der Waals surface area contributed by atoms with Crippen LogP contribution < -0.4 is 10.6 Å². The molecule has 4 aromatic rings. The maximum Gasteiger partial charge on any atom is 0.280 e. The molecule has 1 aliphatic heterocycles. The van der Waals surface area contributed by atoms with Crippen LogP contribution in [-0.4, -0.2) is 85.3 Å². The van der Waals surface area contributed by atoms with Crippen molar-refractivity contribution < 1.29 is 13.2 Å². The van der Waals surface area contributed by atoms with Crippen LogP contribution in [0.25, 0.3) is 27.9 Å². The zero-order chi connectivity index (χ0) is 23.9. The van der Waals surface area contributed by atoms with Crippen molar-refractivity contribution in [3.05, 3.63) is 24.4 Å². The highest BCUT2D eigenvalue weighted by molar-refractivity contribution is 5.89. The Morgan fingerprint density at radius 3 is 2.82 bits per heavy atom. The number of aryl methyl sites for hydroxylation is 1. The number of piperidine rings is 1. The third-order valence-corrected chi connectivity index (χ3v) is 5.98. The summed E-state index contributed by atoms with van der Waals surface area (Å²) in [6.45, 7) is 0.173. The minimum Gasteiger partial charge on any atom is -0.371 e. The van der Waals surface area contributed by atoms with E-state index in [0.717, 1.165) is 5.56 Å². The fourth-order valence-corrected chi connectivity index (χ4v) is 4.27. The Hall–Kier alpha value is -3.48. The summed E-state index contributed by atoms with van der Waals surface area (Å²) in [7, 11) is 3.39. The molecular weight excluding hydrogens is 449 g/mol. The van der Waals surface area contributed by atoms with Crippen molar-refractivity contribution in [3.63, 3.8) is 0 Å². The summed E-state index contributed by atoms with van der Waals surface area (Å²) in [6, 6.07) is 4.40. The minimum absolute atomic E-state index is 0.116. The summed E-state index contributed by atoms with van der Waals surface area (Å²) in [4.78, 5) is 10.8. The number of nitrogens with one attached hydrogen (secondary N) is 2. The largest absolute Gasteiger partial charge is 0.371 e. The van der Waals surface area contributed by atoms with Gasteiger partial charge in [0, 0.05) is 31.9 Å². The third kappa shape index (κ3) is 4.00. The van der Waals surface area contributed by atoms with Crippen molar-refractivity contribution in [1.29, 1.82) is 0 Å². The van der Waals surface area contributed by atoms with E-state index in [1.54, 1.807) is 40.5 Å². The summed E-state index contributed by atoms with van der Waals surface area (Å²) in [5.41, 5.74) is 3.21. The monoisotopic (exact) mass is 474 g/mol. The molecule has 180 valence electrons. The minimum atomic E-state index is -2.90. The van der Waals surface area contributed by atoms with Gasteiger partial charge in [-0.15, -0.1) is 10.2 Å². The van der Waals surface area contributed by atoms with Crippen LogP contribution in [0.1, 0.15) is 12.8 Å². The third-order valence-electron chi connectivity index (χ3n) is 5.98. The van der Waals surface area contributed by atoms with Gasteiger partial charge in [0.2, 0.25) is 5.95 Å². The number of anilines is 2. The normalized spacial score (nSPS) is 18.6. The number of halogens is 3. The number of alkyl halides is 3. The number of rotatable bonds is 7. The first-order valence-corrected chi connectivity index (χ1v) is 11.1. The molecule has 1 fully saturated rings. The van der Waals surface area contributed by atoms with E-state index in [9.17, 15) is 13.2 Å². The molecular formula is C21H25F3N10. The van der Waals surface area contributed by atoms with Crippen molar-refractivity contribution >= 4 is 28.4 Å². The molecule has 0 bridgehead atoms. The Bertz CT molecular complexity index is 1320. The van der Waals surface area contributed by atoms with E-state index in [2.05, 4.69) is 31.0 Å². The molecule has 1 saturated heterocycles. The van der Waals surface area contributed by atoms with Crippen molar-refractivity contribution in [2.24, 2.45) is 0 Å². The Morgan fingerprint density at radius 1 is 1.21 bits per heavy atom. The zero-order valence-corrected chi connectivity index (χ0v) is 18.8.